The van der Waals surface area contributed by atoms with E-state index in [2.05, 4.69) is 11.8 Å². The maximum Gasteiger partial charge on any atom is 0.243 e. The van der Waals surface area contributed by atoms with Gasteiger partial charge in [0.15, 0.2) is 0 Å². The zero-order chi connectivity index (χ0) is 15.8. The van der Waals surface area contributed by atoms with Crippen molar-refractivity contribution in [2.75, 3.05) is 27.2 Å². The van der Waals surface area contributed by atoms with E-state index in [-0.39, 0.29) is 16.8 Å². The second kappa shape index (κ2) is 6.42. The summed E-state index contributed by atoms with van der Waals surface area (Å²) < 4.78 is 27.0. The summed E-state index contributed by atoms with van der Waals surface area (Å²) in [6, 6.07) is 4.94. The van der Waals surface area contributed by atoms with E-state index in [0.717, 1.165) is 0 Å². The summed E-state index contributed by atoms with van der Waals surface area (Å²) in [6.07, 6.45) is 0. The molecule has 2 atom stereocenters. The molecule has 21 heavy (non-hydrogen) atoms. The van der Waals surface area contributed by atoms with Crippen LogP contribution in [0.2, 0.25) is 5.02 Å². The molecule has 7 heteroatoms. The number of nitrogens with zero attached hydrogens (tertiary/aromatic N) is 2. The Kier molecular flexibility index (Phi) is 5.21. The largest absolute Gasteiger partial charge is 0.305 e. The van der Waals surface area contributed by atoms with E-state index in [0.29, 0.717) is 29.6 Å². The Morgan fingerprint density at radius 1 is 1.33 bits per heavy atom. The Balaban J connectivity index is 2.31. The molecule has 1 aliphatic heterocycles. The molecule has 0 bridgehead atoms. The summed E-state index contributed by atoms with van der Waals surface area (Å²) in [6.45, 7) is 3.12. The molecule has 1 aliphatic rings. The van der Waals surface area contributed by atoms with Crippen molar-refractivity contribution in [1.82, 2.24) is 9.21 Å². The predicted molar refractivity (Wildman–Crippen MR) is 86.4 cm³/mol. The lowest BCUT2D eigenvalue weighted by molar-refractivity contribution is 0.263. The van der Waals surface area contributed by atoms with Gasteiger partial charge in [-0.2, -0.15) is 4.31 Å². The van der Waals surface area contributed by atoms with Crippen molar-refractivity contribution in [1.29, 1.82) is 0 Å². The summed E-state index contributed by atoms with van der Waals surface area (Å²) in [5, 5.41) is 0.491. The van der Waals surface area contributed by atoms with Crippen LogP contribution >= 0.6 is 23.2 Å². The topological polar surface area (TPSA) is 40.6 Å². The normalized spacial score (nSPS) is 23.9. The first-order valence-corrected chi connectivity index (χ1v) is 9.13. The Morgan fingerprint density at radius 2 is 2.00 bits per heavy atom. The number of likely N-dealkylation sites (N-methyl/N-ethyl adjacent to an activating group) is 1. The first-order chi connectivity index (χ1) is 9.77. The highest BCUT2D eigenvalue weighted by atomic mass is 35.5. The van der Waals surface area contributed by atoms with Gasteiger partial charge >= 0.3 is 0 Å². The van der Waals surface area contributed by atoms with E-state index in [4.69, 9.17) is 23.2 Å². The van der Waals surface area contributed by atoms with E-state index in [1.54, 1.807) is 22.5 Å². The minimum Gasteiger partial charge on any atom is -0.305 e. The fourth-order valence-corrected chi connectivity index (χ4v) is 4.82. The molecule has 1 fully saturated rings. The van der Waals surface area contributed by atoms with E-state index >= 15 is 0 Å². The van der Waals surface area contributed by atoms with Gasteiger partial charge in [0.25, 0.3) is 0 Å². The lowest BCUT2D eigenvalue weighted by atomic mass is 10.1. The maximum absolute atomic E-state index is 12.7. The maximum atomic E-state index is 12.7. The summed E-state index contributed by atoms with van der Waals surface area (Å²) in [5.74, 6) is 0.494. The Morgan fingerprint density at radius 3 is 2.52 bits per heavy atom. The third-order valence-corrected chi connectivity index (χ3v) is 6.49. The molecule has 1 saturated heterocycles. The van der Waals surface area contributed by atoms with Gasteiger partial charge < -0.3 is 4.90 Å². The van der Waals surface area contributed by atoms with Crippen LogP contribution in [0, 0.1) is 5.92 Å². The lowest BCUT2D eigenvalue weighted by Crippen LogP contribution is -2.35. The third-order valence-electron chi connectivity index (χ3n) is 4.00. The van der Waals surface area contributed by atoms with Crippen molar-refractivity contribution in [2.24, 2.45) is 5.92 Å². The Bertz CT molecular complexity index is 619. The van der Waals surface area contributed by atoms with Crippen LogP contribution in [0.4, 0.5) is 0 Å². The van der Waals surface area contributed by atoms with Crippen LogP contribution < -0.4 is 0 Å². The average Bonchev–Trinajstić information content (AvgIpc) is 2.82. The SMILES string of the molecule is CC1CN(S(=O)(=O)c2ccc(Cl)c(CCl)c2)CC1N(C)C. The van der Waals surface area contributed by atoms with Crippen LogP contribution in [0.1, 0.15) is 12.5 Å². The van der Waals surface area contributed by atoms with Crippen LogP contribution in [0.3, 0.4) is 0 Å². The molecular weight excluding hydrogens is 331 g/mol. The number of halogens is 2. The molecule has 118 valence electrons. The van der Waals surface area contributed by atoms with Crippen LogP contribution in [0.5, 0.6) is 0 Å². The minimum atomic E-state index is -3.50. The van der Waals surface area contributed by atoms with Crippen molar-refractivity contribution in [3.63, 3.8) is 0 Å². The molecule has 0 saturated carbocycles. The molecule has 1 aromatic carbocycles. The molecule has 1 heterocycles. The highest BCUT2D eigenvalue weighted by Gasteiger charge is 2.38. The second-order valence-corrected chi connectivity index (χ2v) is 8.33. The van der Waals surface area contributed by atoms with Gasteiger partial charge in [0.1, 0.15) is 0 Å². The van der Waals surface area contributed by atoms with Gasteiger partial charge in [-0.05, 0) is 43.8 Å². The van der Waals surface area contributed by atoms with Gasteiger partial charge in [-0.1, -0.05) is 18.5 Å². The smallest absolute Gasteiger partial charge is 0.243 e. The van der Waals surface area contributed by atoms with Gasteiger partial charge in [0, 0.05) is 30.0 Å². The number of sulfonamides is 1. The third kappa shape index (κ3) is 3.37. The zero-order valence-electron chi connectivity index (χ0n) is 12.4. The molecule has 0 aromatic heterocycles. The van der Waals surface area contributed by atoms with Gasteiger partial charge in [-0.3, -0.25) is 0 Å². The average molecular weight is 351 g/mol. The minimum absolute atomic E-state index is 0.193. The first kappa shape index (κ1) is 17.0. The van der Waals surface area contributed by atoms with Gasteiger partial charge in [0.2, 0.25) is 10.0 Å². The van der Waals surface area contributed by atoms with Gasteiger partial charge in [-0.15, -0.1) is 11.6 Å². The van der Waals surface area contributed by atoms with Crippen LogP contribution in [-0.2, 0) is 15.9 Å². The van der Waals surface area contributed by atoms with E-state index < -0.39 is 10.0 Å². The van der Waals surface area contributed by atoms with Crippen LogP contribution in [0.25, 0.3) is 0 Å². The summed E-state index contributed by atoms with van der Waals surface area (Å²) in [4.78, 5) is 2.33. The molecule has 0 spiro atoms. The zero-order valence-corrected chi connectivity index (χ0v) is 14.7. The van der Waals surface area contributed by atoms with E-state index in [1.165, 1.54) is 0 Å². The quantitative estimate of drug-likeness (QED) is 0.783. The molecule has 0 radical (unpaired) electrons. The summed E-state index contributed by atoms with van der Waals surface area (Å²) >= 11 is 11.8. The number of rotatable bonds is 4. The Hall–Kier alpha value is -0.330. The predicted octanol–water partition coefficient (Wildman–Crippen LogP) is 2.65. The molecule has 0 N–H and O–H groups in total. The summed E-state index contributed by atoms with van der Waals surface area (Å²) in [7, 11) is 0.457. The fourth-order valence-electron chi connectivity index (χ4n) is 2.74. The first-order valence-electron chi connectivity index (χ1n) is 6.78. The van der Waals surface area contributed by atoms with E-state index in [1.807, 2.05) is 14.1 Å². The summed E-state index contributed by atoms with van der Waals surface area (Å²) in [5.41, 5.74) is 0.635. The van der Waals surface area contributed by atoms with Crippen LogP contribution in [0.15, 0.2) is 23.1 Å². The highest BCUT2D eigenvalue weighted by Crippen LogP contribution is 2.29. The van der Waals surface area contributed by atoms with Crippen molar-refractivity contribution >= 4 is 33.2 Å². The van der Waals surface area contributed by atoms with Crippen molar-refractivity contribution in [3.8, 4) is 0 Å². The van der Waals surface area contributed by atoms with E-state index in [9.17, 15) is 8.42 Å². The number of benzene rings is 1. The highest BCUT2D eigenvalue weighted by molar-refractivity contribution is 7.89. The molecule has 2 unspecified atom stereocenters. The van der Waals surface area contributed by atoms with Gasteiger partial charge in [0.05, 0.1) is 4.90 Å². The molecular formula is C14H20Cl2N2O2S. The lowest BCUT2D eigenvalue weighted by Gasteiger charge is -2.22. The van der Waals surface area contributed by atoms with Crippen molar-refractivity contribution < 1.29 is 8.42 Å². The Labute approximate surface area is 136 Å². The molecule has 2 rings (SSSR count). The fraction of sp³-hybridized carbons (Fsp3) is 0.571. The molecule has 4 nitrogen and oxygen atoms in total. The second-order valence-electron chi connectivity index (χ2n) is 5.72. The molecule has 1 aromatic rings. The number of hydrogen-bond acceptors (Lipinski definition) is 3. The standard InChI is InChI=1S/C14H20Cl2N2O2S/c1-10-8-18(9-14(10)17(2)3)21(19,20)12-4-5-13(16)11(6-12)7-15/h4-6,10,14H,7-9H2,1-3H3. The van der Waals surface area contributed by atoms with Crippen molar-refractivity contribution in [3.05, 3.63) is 28.8 Å². The monoisotopic (exact) mass is 350 g/mol. The number of alkyl halides is 1. The van der Waals surface area contributed by atoms with Gasteiger partial charge in [-0.25, -0.2) is 8.42 Å². The molecule has 0 aliphatic carbocycles. The number of hydrogen-bond donors (Lipinski definition) is 0. The van der Waals surface area contributed by atoms with Crippen LogP contribution in [-0.4, -0.2) is 50.8 Å². The molecule has 0 amide bonds. The van der Waals surface area contributed by atoms with Crippen molar-refractivity contribution in [2.45, 2.75) is 23.7 Å².